The minimum atomic E-state index is -0.307. The van der Waals surface area contributed by atoms with Crippen LogP contribution >= 0.6 is 0 Å². The molecular weight excluding hydrogens is 279 g/mol. The molecule has 0 aliphatic carbocycles. The van der Waals surface area contributed by atoms with Crippen LogP contribution in [0.2, 0.25) is 0 Å². The van der Waals surface area contributed by atoms with Crippen LogP contribution in [0.4, 0.5) is 4.39 Å². The van der Waals surface area contributed by atoms with Crippen LogP contribution in [0.5, 0.6) is 0 Å². The number of carbonyl (C=O) groups excluding carboxylic acids is 1. The normalized spacial score (nSPS) is 28.4. The Labute approximate surface area is 131 Å². The lowest BCUT2D eigenvalue weighted by Gasteiger charge is -2.49. The molecule has 0 radical (unpaired) electrons. The second kappa shape index (κ2) is 6.78. The van der Waals surface area contributed by atoms with Crippen LogP contribution in [-0.4, -0.2) is 35.5 Å². The Balaban J connectivity index is 1.62. The van der Waals surface area contributed by atoms with Crippen molar-refractivity contribution in [2.45, 2.75) is 63.6 Å². The number of carbonyl (C=O) groups is 1. The predicted molar refractivity (Wildman–Crippen MR) is 85.3 cm³/mol. The third-order valence-electron chi connectivity index (χ3n) is 5.05. The maximum Gasteiger partial charge on any atom is 0.251 e. The van der Waals surface area contributed by atoms with E-state index in [2.05, 4.69) is 17.1 Å². The second-order valence-electron chi connectivity index (χ2n) is 6.63. The van der Waals surface area contributed by atoms with E-state index in [1.165, 1.54) is 44.4 Å². The van der Waals surface area contributed by atoms with Crippen molar-refractivity contribution in [1.82, 2.24) is 10.2 Å². The summed E-state index contributed by atoms with van der Waals surface area (Å²) < 4.78 is 12.9. The van der Waals surface area contributed by atoms with Gasteiger partial charge in [0, 0.05) is 23.7 Å². The molecule has 0 aromatic heterocycles. The van der Waals surface area contributed by atoms with Gasteiger partial charge in [-0.2, -0.15) is 0 Å². The monoisotopic (exact) mass is 304 g/mol. The van der Waals surface area contributed by atoms with Crippen molar-refractivity contribution in [2.75, 3.05) is 6.54 Å². The van der Waals surface area contributed by atoms with Crippen molar-refractivity contribution < 1.29 is 9.18 Å². The molecule has 2 atom stereocenters. The minimum Gasteiger partial charge on any atom is -0.349 e. The van der Waals surface area contributed by atoms with Crippen molar-refractivity contribution in [1.29, 1.82) is 0 Å². The number of halogens is 1. The molecule has 22 heavy (non-hydrogen) atoms. The number of hydrogen-bond acceptors (Lipinski definition) is 2. The summed E-state index contributed by atoms with van der Waals surface area (Å²) in [5.41, 5.74) is 0.544. The van der Waals surface area contributed by atoms with Gasteiger partial charge in [-0.25, -0.2) is 4.39 Å². The van der Waals surface area contributed by atoms with Gasteiger partial charge in [0.25, 0.3) is 5.91 Å². The van der Waals surface area contributed by atoms with Gasteiger partial charge >= 0.3 is 0 Å². The molecule has 3 rings (SSSR count). The average molecular weight is 304 g/mol. The number of hydrogen-bond donors (Lipinski definition) is 1. The molecule has 2 saturated heterocycles. The van der Waals surface area contributed by atoms with Crippen molar-refractivity contribution in [3.63, 3.8) is 0 Å². The van der Waals surface area contributed by atoms with E-state index >= 15 is 0 Å². The summed E-state index contributed by atoms with van der Waals surface area (Å²) in [6, 6.07) is 7.27. The summed E-state index contributed by atoms with van der Waals surface area (Å²) in [7, 11) is 0. The first-order valence-electron chi connectivity index (χ1n) is 8.49. The third kappa shape index (κ3) is 3.32. The number of fused-ring (bicyclic) bond motifs is 2. The molecule has 2 bridgehead atoms. The van der Waals surface area contributed by atoms with Crippen LogP contribution in [0.15, 0.2) is 24.3 Å². The van der Waals surface area contributed by atoms with E-state index in [1.807, 2.05) is 0 Å². The zero-order valence-corrected chi connectivity index (χ0v) is 13.2. The molecular formula is C18H25FN2O. The fourth-order valence-electron chi connectivity index (χ4n) is 4.09. The van der Waals surface area contributed by atoms with Gasteiger partial charge in [0.1, 0.15) is 5.82 Å². The van der Waals surface area contributed by atoms with Gasteiger partial charge in [0.15, 0.2) is 0 Å². The summed E-state index contributed by atoms with van der Waals surface area (Å²) in [5, 5.41) is 3.16. The largest absolute Gasteiger partial charge is 0.349 e. The van der Waals surface area contributed by atoms with Crippen LogP contribution in [0.1, 0.15) is 55.8 Å². The number of benzene rings is 1. The lowest BCUT2D eigenvalue weighted by Crippen LogP contribution is -2.57. The maximum atomic E-state index is 12.9. The fraction of sp³-hybridized carbons (Fsp3) is 0.611. The van der Waals surface area contributed by atoms with E-state index in [0.29, 0.717) is 17.6 Å². The summed E-state index contributed by atoms with van der Waals surface area (Å²) in [5.74, 6) is -0.383. The standard InChI is InChI=1S/C18H25FN2O/c1-2-10-21-16-4-3-5-17(21)12-15(11-16)20-18(22)13-6-8-14(19)9-7-13/h6-9,15-17H,2-5,10-12H2,1H3,(H,20,22)/t16-,17-/m0/s1. The highest BCUT2D eigenvalue weighted by Crippen LogP contribution is 2.34. The molecule has 120 valence electrons. The Hall–Kier alpha value is -1.42. The Bertz CT molecular complexity index is 502. The number of piperidine rings is 2. The van der Waals surface area contributed by atoms with Crippen LogP contribution < -0.4 is 5.32 Å². The Morgan fingerprint density at radius 1 is 1.23 bits per heavy atom. The van der Waals surface area contributed by atoms with Gasteiger partial charge in [-0.05, 0) is 62.9 Å². The fourth-order valence-corrected chi connectivity index (χ4v) is 4.09. The second-order valence-corrected chi connectivity index (χ2v) is 6.63. The Morgan fingerprint density at radius 3 is 2.45 bits per heavy atom. The first-order chi connectivity index (χ1) is 10.7. The smallest absolute Gasteiger partial charge is 0.251 e. The van der Waals surface area contributed by atoms with E-state index in [0.717, 1.165) is 12.8 Å². The van der Waals surface area contributed by atoms with Crippen LogP contribution in [0.3, 0.4) is 0 Å². The van der Waals surface area contributed by atoms with Crippen molar-refractivity contribution in [3.05, 3.63) is 35.6 Å². The first kappa shape index (κ1) is 15.5. The molecule has 0 unspecified atom stereocenters. The molecule has 2 fully saturated rings. The van der Waals surface area contributed by atoms with Crippen molar-refractivity contribution in [3.8, 4) is 0 Å². The van der Waals surface area contributed by atoms with E-state index in [-0.39, 0.29) is 17.8 Å². The molecule has 2 aliphatic heterocycles. The Kier molecular flexibility index (Phi) is 4.77. The zero-order chi connectivity index (χ0) is 15.5. The van der Waals surface area contributed by atoms with Crippen LogP contribution in [-0.2, 0) is 0 Å². The molecule has 2 heterocycles. The highest BCUT2D eigenvalue weighted by atomic mass is 19.1. The number of amides is 1. The third-order valence-corrected chi connectivity index (χ3v) is 5.05. The van der Waals surface area contributed by atoms with Gasteiger partial charge < -0.3 is 5.32 Å². The van der Waals surface area contributed by atoms with E-state index in [9.17, 15) is 9.18 Å². The lowest BCUT2D eigenvalue weighted by molar-refractivity contribution is 0.0245. The summed E-state index contributed by atoms with van der Waals surface area (Å²) in [4.78, 5) is 15.0. The lowest BCUT2D eigenvalue weighted by atomic mass is 9.81. The zero-order valence-electron chi connectivity index (χ0n) is 13.2. The van der Waals surface area contributed by atoms with Gasteiger partial charge in [-0.15, -0.1) is 0 Å². The molecule has 1 N–H and O–H groups in total. The average Bonchev–Trinajstić information content (AvgIpc) is 2.49. The quantitative estimate of drug-likeness (QED) is 0.925. The molecule has 1 amide bonds. The summed E-state index contributed by atoms with van der Waals surface area (Å²) in [6.07, 6.45) is 7.10. The summed E-state index contributed by atoms with van der Waals surface area (Å²) in [6.45, 7) is 3.41. The minimum absolute atomic E-state index is 0.0768. The maximum absolute atomic E-state index is 12.9. The molecule has 0 saturated carbocycles. The van der Waals surface area contributed by atoms with Crippen molar-refractivity contribution >= 4 is 5.91 Å². The van der Waals surface area contributed by atoms with Crippen LogP contribution in [0.25, 0.3) is 0 Å². The molecule has 4 heteroatoms. The molecule has 1 aromatic carbocycles. The first-order valence-corrected chi connectivity index (χ1v) is 8.49. The van der Waals surface area contributed by atoms with Crippen LogP contribution in [0, 0.1) is 5.82 Å². The van der Waals surface area contributed by atoms with Crippen molar-refractivity contribution in [2.24, 2.45) is 0 Å². The SMILES string of the molecule is CCCN1[C@H]2CCC[C@H]1CC(NC(=O)c1ccc(F)cc1)C2. The number of rotatable bonds is 4. The molecule has 2 aliphatic rings. The topological polar surface area (TPSA) is 32.3 Å². The molecule has 1 aromatic rings. The predicted octanol–water partition coefficient (Wildman–Crippen LogP) is 3.35. The summed E-state index contributed by atoms with van der Waals surface area (Å²) >= 11 is 0. The molecule has 3 nitrogen and oxygen atoms in total. The van der Waals surface area contributed by atoms with Gasteiger partial charge in [0.05, 0.1) is 0 Å². The number of nitrogens with zero attached hydrogens (tertiary/aromatic N) is 1. The van der Waals surface area contributed by atoms with Gasteiger partial charge in [-0.1, -0.05) is 13.3 Å². The number of nitrogens with one attached hydrogen (secondary N) is 1. The Morgan fingerprint density at radius 2 is 1.86 bits per heavy atom. The highest BCUT2D eigenvalue weighted by molar-refractivity contribution is 5.94. The van der Waals surface area contributed by atoms with Gasteiger partial charge in [-0.3, -0.25) is 9.69 Å². The van der Waals surface area contributed by atoms with E-state index in [1.54, 1.807) is 12.1 Å². The van der Waals surface area contributed by atoms with Gasteiger partial charge in [0.2, 0.25) is 0 Å². The highest BCUT2D eigenvalue weighted by Gasteiger charge is 2.38. The molecule has 0 spiro atoms. The van der Waals surface area contributed by atoms with E-state index in [4.69, 9.17) is 0 Å². The van der Waals surface area contributed by atoms with E-state index < -0.39 is 0 Å².